The van der Waals surface area contributed by atoms with Crippen molar-refractivity contribution in [3.8, 4) is 44.7 Å². The maximum Gasteiger partial charge on any atom is 0.143 e. The molecule has 0 aliphatic heterocycles. The molecule has 2 nitrogen and oxygen atoms in total. The monoisotopic (exact) mass is 653 g/mol. The molecule has 0 N–H and O–H groups in total. The summed E-state index contributed by atoms with van der Waals surface area (Å²) in [5.41, 5.74) is 14.1. The highest BCUT2D eigenvalue weighted by Crippen LogP contribution is 2.47. The number of nitrogens with zero attached hydrogens (tertiary/aromatic N) is 1. The molecule has 0 bridgehead atoms. The first kappa shape index (κ1) is 29.5. The Morgan fingerprint density at radius 2 is 0.843 bits per heavy atom. The largest absolute Gasteiger partial charge is 0.455 e. The zero-order valence-electron chi connectivity index (χ0n) is 28.9. The molecule has 0 saturated heterocycles. The maximum atomic E-state index is 6.87. The molecule has 0 aliphatic carbocycles. The number of hydrogen-bond acceptors (Lipinski definition) is 1. The number of aryl methyl sites for hydroxylation is 3. The quantitative estimate of drug-likeness (QED) is 0.173. The van der Waals surface area contributed by atoms with E-state index in [-0.39, 0.29) is 0 Å². The number of benzene rings is 8. The van der Waals surface area contributed by atoms with Gasteiger partial charge >= 0.3 is 0 Å². The van der Waals surface area contributed by atoms with E-state index in [4.69, 9.17) is 4.42 Å². The van der Waals surface area contributed by atoms with Gasteiger partial charge in [0, 0.05) is 45.4 Å². The fourth-order valence-electron chi connectivity index (χ4n) is 8.24. The molecule has 242 valence electrons. The van der Waals surface area contributed by atoms with E-state index in [2.05, 4.69) is 183 Å². The second-order valence-electron chi connectivity index (χ2n) is 13.9. The topological polar surface area (TPSA) is 18.1 Å². The predicted molar refractivity (Wildman–Crippen MR) is 216 cm³/mol. The molecule has 0 spiro atoms. The lowest BCUT2D eigenvalue weighted by Gasteiger charge is -2.18. The van der Waals surface area contributed by atoms with Crippen molar-refractivity contribution in [3.63, 3.8) is 0 Å². The molecule has 0 unspecified atom stereocenters. The van der Waals surface area contributed by atoms with E-state index >= 15 is 0 Å². The molecule has 0 fully saturated rings. The van der Waals surface area contributed by atoms with Crippen LogP contribution in [0.2, 0.25) is 0 Å². The van der Waals surface area contributed by atoms with Gasteiger partial charge in [-0.15, -0.1) is 0 Å². The summed E-state index contributed by atoms with van der Waals surface area (Å²) in [5.74, 6) is 0.903. The van der Waals surface area contributed by atoms with Gasteiger partial charge in [-0.3, -0.25) is 0 Å². The SMILES string of the molecule is Cc1ccc(-c2oc3cc(-c4c5ccccc5c(-c5ccc6c(c5)c5ccccc5n6C)c5ccccc45)ccc3c2-c2ccc(C)cc2)cc1. The van der Waals surface area contributed by atoms with Gasteiger partial charge < -0.3 is 8.98 Å². The van der Waals surface area contributed by atoms with Crippen LogP contribution in [0.15, 0.2) is 162 Å². The Balaban J connectivity index is 1.23. The van der Waals surface area contributed by atoms with Crippen molar-refractivity contribution in [1.29, 1.82) is 0 Å². The molecule has 8 aromatic carbocycles. The minimum atomic E-state index is 0.886. The van der Waals surface area contributed by atoms with E-state index < -0.39 is 0 Å². The first-order chi connectivity index (χ1) is 25.0. The number of aromatic nitrogens is 1. The lowest BCUT2D eigenvalue weighted by atomic mass is 9.85. The van der Waals surface area contributed by atoms with Crippen molar-refractivity contribution in [2.75, 3.05) is 0 Å². The van der Waals surface area contributed by atoms with Crippen LogP contribution in [0.5, 0.6) is 0 Å². The van der Waals surface area contributed by atoms with Gasteiger partial charge in [-0.1, -0.05) is 139 Å². The van der Waals surface area contributed by atoms with Gasteiger partial charge in [-0.25, -0.2) is 0 Å². The smallest absolute Gasteiger partial charge is 0.143 e. The van der Waals surface area contributed by atoms with Gasteiger partial charge in [0.25, 0.3) is 0 Å². The van der Waals surface area contributed by atoms with Crippen LogP contribution in [0.25, 0.3) is 99.0 Å². The van der Waals surface area contributed by atoms with E-state index in [1.165, 1.54) is 71.2 Å². The first-order valence-electron chi connectivity index (χ1n) is 17.7. The van der Waals surface area contributed by atoms with E-state index in [0.717, 1.165) is 39.0 Å². The molecule has 10 rings (SSSR count). The van der Waals surface area contributed by atoms with E-state index in [1.54, 1.807) is 0 Å². The minimum Gasteiger partial charge on any atom is -0.455 e. The average Bonchev–Trinajstić information content (AvgIpc) is 3.69. The van der Waals surface area contributed by atoms with Crippen molar-refractivity contribution in [2.45, 2.75) is 13.8 Å². The highest BCUT2D eigenvalue weighted by Gasteiger charge is 2.21. The van der Waals surface area contributed by atoms with Crippen LogP contribution in [0.1, 0.15) is 11.1 Å². The lowest BCUT2D eigenvalue weighted by molar-refractivity contribution is 0.632. The summed E-state index contributed by atoms with van der Waals surface area (Å²) < 4.78 is 9.16. The van der Waals surface area contributed by atoms with Crippen LogP contribution in [0.3, 0.4) is 0 Å². The molecule has 10 aromatic rings. The van der Waals surface area contributed by atoms with Crippen molar-refractivity contribution in [3.05, 3.63) is 169 Å². The van der Waals surface area contributed by atoms with E-state index in [0.29, 0.717) is 0 Å². The standard InChI is InChI=1S/C49H35NO/c1-30-16-20-32(21-17-30)48-41-26-24-35(29-45(41)51-49(48)33-22-18-31(2)19-23-33)47-39-13-6-4-11-37(39)46(38-12-5-7-14-40(38)47)34-25-27-44-42(28-34)36-10-8-9-15-43(36)50(44)3/h4-29H,1-3H3. The second-order valence-corrected chi connectivity index (χ2v) is 13.9. The molecule has 2 heteroatoms. The number of hydrogen-bond donors (Lipinski definition) is 0. The Hall–Kier alpha value is -6.38. The van der Waals surface area contributed by atoms with Crippen LogP contribution in [-0.2, 0) is 7.05 Å². The third-order valence-corrected chi connectivity index (χ3v) is 10.8. The van der Waals surface area contributed by atoms with E-state index in [1.807, 2.05) is 0 Å². The average molecular weight is 654 g/mol. The van der Waals surface area contributed by atoms with Crippen LogP contribution >= 0.6 is 0 Å². The summed E-state index contributed by atoms with van der Waals surface area (Å²) >= 11 is 0. The predicted octanol–water partition coefficient (Wildman–Crippen LogP) is 13.7. The summed E-state index contributed by atoms with van der Waals surface area (Å²) in [6.07, 6.45) is 0. The highest BCUT2D eigenvalue weighted by molar-refractivity contribution is 6.22. The van der Waals surface area contributed by atoms with Crippen molar-refractivity contribution in [1.82, 2.24) is 4.57 Å². The number of para-hydroxylation sites is 1. The van der Waals surface area contributed by atoms with Gasteiger partial charge in [-0.2, -0.15) is 0 Å². The second kappa shape index (κ2) is 11.3. The number of rotatable bonds is 4. The maximum absolute atomic E-state index is 6.87. The molecular weight excluding hydrogens is 619 g/mol. The van der Waals surface area contributed by atoms with Gasteiger partial charge in [-0.05, 0) is 93.5 Å². The van der Waals surface area contributed by atoms with Gasteiger partial charge in [0.05, 0.1) is 0 Å². The van der Waals surface area contributed by atoms with Gasteiger partial charge in [0.15, 0.2) is 0 Å². The van der Waals surface area contributed by atoms with Crippen LogP contribution in [-0.4, -0.2) is 4.57 Å². The summed E-state index contributed by atoms with van der Waals surface area (Å²) in [6.45, 7) is 4.25. The lowest BCUT2D eigenvalue weighted by Crippen LogP contribution is -1.91. The Morgan fingerprint density at radius 1 is 0.373 bits per heavy atom. The zero-order valence-corrected chi connectivity index (χ0v) is 28.9. The fraction of sp³-hybridized carbons (Fsp3) is 0.0612. The highest BCUT2D eigenvalue weighted by atomic mass is 16.3. The van der Waals surface area contributed by atoms with Gasteiger partial charge in [0.2, 0.25) is 0 Å². The third kappa shape index (κ3) is 4.57. The molecular formula is C49H35NO. The Morgan fingerprint density at radius 3 is 1.45 bits per heavy atom. The summed E-state index contributed by atoms with van der Waals surface area (Å²) in [7, 11) is 2.16. The first-order valence-corrected chi connectivity index (χ1v) is 17.7. The Labute approximate surface area is 296 Å². The van der Waals surface area contributed by atoms with Crippen molar-refractivity contribution in [2.24, 2.45) is 7.05 Å². The van der Waals surface area contributed by atoms with E-state index in [9.17, 15) is 0 Å². The number of furan rings is 1. The van der Waals surface area contributed by atoms with Gasteiger partial charge in [0.1, 0.15) is 11.3 Å². The minimum absolute atomic E-state index is 0.886. The summed E-state index contributed by atoms with van der Waals surface area (Å²) in [6, 6.07) is 57.7. The molecule has 0 radical (unpaired) electrons. The Kier molecular flexibility index (Phi) is 6.56. The fourth-order valence-corrected chi connectivity index (χ4v) is 8.24. The molecule has 0 aliphatic rings. The summed E-state index contributed by atoms with van der Waals surface area (Å²) in [4.78, 5) is 0. The molecule has 2 aromatic heterocycles. The van der Waals surface area contributed by atoms with Crippen LogP contribution < -0.4 is 0 Å². The molecule has 0 saturated carbocycles. The van der Waals surface area contributed by atoms with Crippen LogP contribution in [0, 0.1) is 13.8 Å². The normalized spacial score (nSPS) is 11.8. The Bertz CT molecular complexity index is 2920. The summed E-state index contributed by atoms with van der Waals surface area (Å²) in [5, 5.41) is 8.62. The van der Waals surface area contributed by atoms with Crippen molar-refractivity contribution < 1.29 is 4.42 Å². The molecule has 0 atom stereocenters. The zero-order chi connectivity index (χ0) is 34.2. The number of fused-ring (bicyclic) bond motifs is 6. The third-order valence-electron chi connectivity index (χ3n) is 10.8. The molecule has 2 heterocycles. The molecule has 0 amide bonds. The molecule has 51 heavy (non-hydrogen) atoms. The van der Waals surface area contributed by atoms with Crippen molar-refractivity contribution >= 4 is 54.3 Å². The van der Waals surface area contributed by atoms with Crippen LogP contribution in [0.4, 0.5) is 0 Å².